The van der Waals surface area contributed by atoms with Crippen molar-refractivity contribution in [1.82, 2.24) is 4.98 Å². The molecule has 0 aliphatic heterocycles. The van der Waals surface area contributed by atoms with Crippen molar-refractivity contribution < 1.29 is 0 Å². The van der Waals surface area contributed by atoms with Gasteiger partial charge in [-0.25, -0.2) is 4.98 Å². The summed E-state index contributed by atoms with van der Waals surface area (Å²) in [6.45, 7) is 4.34. The number of nitrogens with one attached hydrogen (secondary N) is 1. The second kappa shape index (κ2) is 5.40. The van der Waals surface area contributed by atoms with Crippen LogP contribution in [0.5, 0.6) is 0 Å². The Morgan fingerprint density at radius 2 is 2.11 bits per heavy atom. The van der Waals surface area contributed by atoms with E-state index in [2.05, 4.69) is 18.8 Å². The molecule has 3 nitrogen and oxygen atoms in total. The van der Waals surface area contributed by atoms with Gasteiger partial charge in [-0.3, -0.25) is 5.41 Å². The number of hydrogen-bond acceptors (Lipinski definition) is 3. The van der Waals surface area contributed by atoms with Crippen molar-refractivity contribution in [3.05, 3.63) is 35.9 Å². The lowest BCUT2D eigenvalue weighted by molar-refractivity contribution is 0.749. The summed E-state index contributed by atoms with van der Waals surface area (Å²) < 4.78 is 0. The van der Waals surface area contributed by atoms with Gasteiger partial charge < -0.3 is 5.73 Å². The van der Waals surface area contributed by atoms with Gasteiger partial charge in [0, 0.05) is 16.7 Å². The third-order valence-electron chi connectivity index (χ3n) is 2.53. The topological polar surface area (TPSA) is 62.8 Å². The highest BCUT2D eigenvalue weighted by Gasteiger charge is 2.10. The summed E-state index contributed by atoms with van der Waals surface area (Å²) >= 11 is 1.67. The smallest absolute Gasteiger partial charge is 0.125 e. The van der Waals surface area contributed by atoms with E-state index in [9.17, 15) is 0 Å². The van der Waals surface area contributed by atoms with Crippen LogP contribution < -0.4 is 5.73 Å². The lowest BCUT2D eigenvalue weighted by Gasteiger charge is -2.10. The summed E-state index contributed by atoms with van der Waals surface area (Å²) in [4.78, 5) is 4.61. The molecule has 0 saturated carbocycles. The number of nitrogen functional groups attached to an aromatic ring is 1. The van der Waals surface area contributed by atoms with E-state index < -0.39 is 0 Å². The van der Waals surface area contributed by atoms with Crippen molar-refractivity contribution >= 4 is 28.5 Å². The van der Waals surface area contributed by atoms with Gasteiger partial charge >= 0.3 is 0 Å². The number of pyridine rings is 1. The number of aromatic nitrogens is 1. The van der Waals surface area contributed by atoms with E-state index in [0.717, 1.165) is 27.2 Å². The Labute approximate surface area is 111 Å². The van der Waals surface area contributed by atoms with Crippen LogP contribution in [0.1, 0.15) is 19.4 Å². The quantitative estimate of drug-likeness (QED) is 0.503. The first-order chi connectivity index (χ1) is 8.58. The van der Waals surface area contributed by atoms with Crippen LogP contribution >= 0.6 is 11.8 Å². The van der Waals surface area contributed by atoms with Gasteiger partial charge in [0.1, 0.15) is 10.9 Å². The number of amidine groups is 1. The molecular weight excluding hydrogens is 242 g/mol. The fourth-order valence-corrected chi connectivity index (χ4v) is 2.63. The molecule has 0 bridgehead atoms. The van der Waals surface area contributed by atoms with Crippen molar-refractivity contribution in [3.8, 4) is 0 Å². The molecule has 18 heavy (non-hydrogen) atoms. The van der Waals surface area contributed by atoms with Gasteiger partial charge in [-0.05, 0) is 18.1 Å². The Morgan fingerprint density at radius 3 is 2.78 bits per heavy atom. The minimum absolute atomic E-state index is 0.0829. The molecule has 0 aliphatic carbocycles. The predicted octanol–water partition coefficient (Wildman–Crippen LogP) is 3.27. The van der Waals surface area contributed by atoms with Crippen LogP contribution in [0.25, 0.3) is 10.9 Å². The van der Waals surface area contributed by atoms with Crippen LogP contribution in [0, 0.1) is 11.3 Å². The average Bonchev–Trinajstić information content (AvgIpc) is 2.35. The molecule has 1 aromatic carbocycles. The molecule has 94 valence electrons. The van der Waals surface area contributed by atoms with Crippen LogP contribution in [0.4, 0.5) is 0 Å². The van der Waals surface area contributed by atoms with Crippen LogP contribution in [0.3, 0.4) is 0 Å². The molecule has 0 radical (unpaired) electrons. The Bertz CT molecular complexity index is 578. The minimum Gasteiger partial charge on any atom is -0.384 e. The largest absolute Gasteiger partial charge is 0.384 e. The number of rotatable bonds is 4. The number of hydrogen-bond donors (Lipinski definition) is 2. The van der Waals surface area contributed by atoms with Crippen LogP contribution in [0.15, 0.2) is 35.4 Å². The van der Waals surface area contributed by atoms with Gasteiger partial charge in [0.05, 0.1) is 5.52 Å². The summed E-state index contributed by atoms with van der Waals surface area (Å²) in [6.07, 6.45) is 0. The van der Waals surface area contributed by atoms with Gasteiger partial charge in [0.2, 0.25) is 0 Å². The van der Waals surface area contributed by atoms with Crippen molar-refractivity contribution in [2.75, 3.05) is 5.75 Å². The highest BCUT2D eigenvalue weighted by Crippen LogP contribution is 2.26. The second-order valence-electron chi connectivity index (χ2n) is 4.65. The fraction of sp³-hybridized carbons (Fsp3) is 0.286. The zero-order valence-corrected chi connectivity index (χ0v) is 11.4. The molecule has 0 unspecified atom stereocenters. The molecular formula is C14H17N3S. The average molecular weight is 259 g/mol. The zero-order chi connectivity index (χ0) is 13.1. The molecule has 4 heteroatoms. The number of nitrogens with two attached hydrogens (primary N) is 1. The maximum Gasteiger partial charge on any atom is 0.125 e. The SMILES string of the molecule is CC(C)CSc1nc2ccccc2cc1C(=N)N. The zero-order valence-electron chi connectivity index (χ0n) is 10.6. The first-order valence-corrected chi connectivity index (χ1v) is 6.93. The van der Waals surface area contributed by atoms with E-state index in [-0.39, 0.29) is 5.84 Å². The molecule has 0 amide bonds. The van der Waals surface area contributed by atoms with Crippen molar-refractivity contribution in [1.29, 1.82) is 5.41 Å². The molecule has 0 saturated heterocycles. The molecule has 2 aromatic rings. The highest BCUT2D eigenvalue weighted by molar-refractivity contribution is 7.99. The molecule has 1 aromatic heterocycles. The Morgan fingerprint density at radius 1 is 1.39 bits per heavy atom. The Kier molecular flexibility index (Phi) is 3.87. The molecule has 0 aliphatic rings. The third-order valence-corrected chi connectivity index (χ3v) is 3.95. The molecule has 3 N–H and O–H groups in total. The third kappa shape index (κ3) is 2.82. The number of fused-ring (bicyclic) bond motifs is 1. The first-order valence-electron chi connectivity index (χ1n) is 5.95. The van der Waals surface area contributed by atoms with Gasteiger partial charge in [-0.1, -0.05) is 32.0 Å². The van der Waals surface area contributed by atoms with E-state index in [1.165, 1.54) is 0 Å². The van der Waals surface area contributed by atoms with Crippen LogP contribution in [0.2, 0.25) is 0 Å². The first kappa shape index (κ1) is 12.9. The maximum atomic E-state index is 7.66. The number of para-hydroxylation sites is 1. The summed E-state index contributed by atoms with van der Waals surface area (Å²) in [5.74, 6) is 1.65. The second-order valence-corrected chi connectivity index (χ2v) is 5.66. The van der Waals surface area contributed by atoms with E-state index in [1.54, 1.807) is 11.8 Å². The summed E-state index contributed by atoms with van der Waals surface area (Å²) in [5, 5.41) is 9.54. The normalized spacial score (nSPS) is 11.1. The lowest BCUT2D eigenvalue weighted by Crippen LogP contribution is -2.13. The predicted molar refractivity (Wildman–Crippen MR) is 78.3 cm³/mol. The fourth-order valence-electron chi connectivity index (χ4n) is 1.65. The van der Waals surface area contributed by atoms with Gasteiger partial charge in [0.15, 0.2) is 0 Å². The van der Waals surface area contributed by atoms with Crippen molar-refractivity contribution in [3.63, 3.8) is 0 Å². The van der Waals surface area contributed by atoms with E-state index in [4.69, 9.17) is 11.1 Å². The van der Waals surface area contributed by atoms with Gasteiger partial charge in [-0.2, -0.15) is 0 Å². The van der Waals surface area contributed by atoms with Crippen molar-refractivity contribution in [2.24, 2.45) is 11.7 Å². The van der Waals surface area contributed by atoms with Gasteiger partial charge in [0.25, 0.3) is 0 Å². The molecule has 0 fully saturated rings. The molecule has 2 rings (SSSR count). The Balaban J connectivity index is 2.47. The number of thioether (sulfide) groups is 1. The standard InChI is InChI=1S/C14H17N3S/c1-9(2)8-18-14-11(13(15)16)7-10-5-3-4-6-12(10)17-14/h3-7,9H,8H2,1-2H3,(H3,15,16). The number of nitrogens with zero attached hydrogens (tertiary/aromatic N) is 1. The summed E-state index contributed by atoms with van der Waals surface area (Å²) in [5.41, 5.74) is 7.33. The maximum absolute atomic E-state index is 7.66. The van der Waals surface area contributed by atoms with Crippen LogP contribution in [-0.4, -0.2) is 16.6 Å². The molecule has 0 spiro atoms. The van der Waals surface area contributed by atoms with Crippen molar-refractivity contribution in [2.45, 2.75) is 18.9 Å². The van der Waals surface area contributed by atoms with E-state index in [0.29, 0.717) is 5.92 Å². The van der Waals surface area contributed by atoms with E-state index in [1.807, 2.05) is 30.3 Å². The van der Waals surface area contributed by atoms with Gasteiger partial charge in [-0.15, -0.1) is 11.8 Å². The molecule has 1 heterocycles. The summed E-state index contributed by atoms with van der Waals surface area (Å²) in [6, 6.07) is 9.87. The van der Waals surface area contributed by atoms with E-state index >= 15 is 0 Å². The lowest BCUT2D eigenvalue weighted by atomic mass is 10.1. The highest BCUT2D eigenvalue weighted by atomic mass is 32.2. The summed E-state index contributed by atoms with van der Waals surface area (Å²) in [7, 11) is 0. The number of benzene rings is 1. The van der Waals surface area contributed by atoms with Crippen LogP contribution in [-0.2, 0) is 0 Å². The molecule has 0 atom stereocenters. The minimum atomic E-state index is 0.0829. The monoisotopic (exact) mass is 259 g/mol. The Hall–Kier alpha value is -1.55.